The summed E-state index contributed by atoms with van der Waals surface area (Å²) in [4.78, 5) is 30.7. The molecule has 0 aliphatic carbocycles. The number of alkyl halides is 3. The first-order chi connectivity index (χ1) is 18.7. The van der Waals surface area contributed by atoms with Crippen molar-refractivity contribution < 1.29 is 41.0 Å². The van der Waals surface area contributed by atoms with Crippen molar-refractivity contribution in [2.45, 2.75) is 19.7 Å². The maximum Gasteiger partial charge on any atom is 0.490 e. The van der Waals surface area contributed by atoms with Gasteiger partial charge in [0.25, 0.3) is 5.56 Å². The van der Waals surface area contributed by atoms with Gasteiger partial charge in [-0.15, -0.1) is 0 Å². The molecule has 4 rings (SSSR count). The molecule has 3 aromatic rings. The summed E-state index contributed by atoms with van der Waals surface area (Å²) in [6.07, 6.45) is -5.08. The van der Waals surface area contributed by atoms with Crippen LogP contribution in [-0.4, -0.2) is 64.9 Å². The molecule has 0 radical (unpaired) electrons. The topological polar surface area (TPSA) is 87.9 Å². The predicted molar refractivity (Wildman–Crippen MR) is 136 cm³/mol. The maximum absolute atomic E-state index is 15.1. The smallest absolute Gasteiger partial charge is 0.475 e. The summed E-state index contributed by atoms with van der Waals surface area (Å²) in [5.74, 6) is -4.62. The highest BCUT2D eigenvalue weighted by molar-refractivity contribution is 9.10. The first kappa shape index (κ1) is 30.9. The Hall–Kier alpha value is -3.59. The summed E-state index contributed by atoms with van der Waals surface area (Å²) in [6.45, 7) is 4.34. The molecule has 40 heavy (non-hydrogen) atoms. The van der Waals surface area contributed by atoms with Gasteiger partial charge in [0.2, 0.25) is 5.88 Å². The van der Waals surface area contributed by atoms with Gasteiger partial charge in [-0.05, 0) is 54.2 Å². The normalized spacial score (nSPS) is 14.0. The number of para-hydroxylation sites is 1. The molecule has 15 heteroatoms. The highest BCUT2D eigenvalue weighted by Crippen LogP contribution is 2.30. The van der Waals surface area contributed by atoms with Crippen LogP contribution in [0.5, 0.6) is 5.88 Å². The van der Waals surface area contributed by atoms with E-state index in [0.717, 1.165) is 25.2 Å². The number of benzene rings is 2. The number of carboxylic acid groups (broad SMARTS) is 1. The van der Waals surface area contributed by atoms with Crippen LogP contribution >= 0.6 is 15.9 Å². The average molecular weight is 637 g/mol. The van der Waals surface area contributed by atoms with Gasteiger partial charge in [-0.1, -0.05) is 6.07 Å². The standard InChI is InChI=1S/C23H22BrF3N4O2.C2HF3O2/c1-14-28-22(33-13-15-6-7-16(25)12-18(15)27)20(24)23(32)31(14)21-17(26)4-3-5-19(21)30-10-8-29(2)9-11-30;3-2(4,5)1(6)7/h3-7,12H,8-11,13H2,1-2H3;(H,6,7). The van der Waals surface area contributed by atoms with Gasteiger partial charge < -0.3 is 19.6 Å². The number of halogens is 7. The van der Waals surface area contributed by atoms with Crippen LogP contribution in [0.15, 0.2) is 45.7 Å². The molecule has 0 unspecified atom stereocenters. The molecule has 0 saturated carbocycles. The first-order valence-corrected chi connectivity index (χ1v) is 12.4. The molecule has 0 atom stereocenters. The fourth-order valence-electron chi connectivity index (χ4n) is 3.75. The summed E-state index contributed by atoms with van der Waals surface area (Å²) in [5.41, 5.74) is 0.272. The first-order valence-electron chi connectivity index (χ1n) is 11.6. The van der Waals surface area contributed by atoms with Crippen molar-refractivity contribution in [2.24, 2.45) is 0 Å². The third kappa shape index (κ3) is 7.33. The highest BCUT2D eigenvalue weighted by Gasteiger charge is 2.38. The number of anilines is 1. The van der Waals surface area contributed by atoms with Gasteiger partial charge >= 0.3 is 12.1 Å². The number of hydrogen-bond donors (Lipinski definition) is 1. The Morgan fingerprint density at radius 1 is 1.07 bits per heavy atom. The second kappa shape index (κ2) is 12.7. The molecule has 1 aliphatic rings. The Labute approximate surface area is 232 Å². The van der Waals surface area contributed by atoms with Gasteiger partial charge in [0.05, 0.1) is 5.69 Å². The van der Waals surface area contributed by atoms with Gasteiger partial charge in [-0.3, -0.25) is 9.36 Å². The molecule has 8 nitrogen and oxygen atoms in total. The molecule has 1 aliphatic heterocycles. The number of carbonyl (C=O) groups is 1. The number of aliphatic carboxylic acids is 1. The lowest BCUT2D eigenvalue weighted by atomic mass is 10.2. The number of hydrogen-bond acceptors (Lipinski definition) is 6. The van der Waals surface area contributed by atoms with Crippen molar-refractivity contribution in [3.63, 3.8) is 0 Å². The maximum atomic E-state index is 15.1. The number of likely N-dealkylation sites (N-methyl/N-ethyl adjacent to an activating group) is 1. The largest absolute Gasteiger partial charge is 0.490 e. The third-order valence-corrected chi connectivity index (χ3v) is 6.50. The molecule has 216 valence electrons. The molecule has 0 bridgehead atoms. The van der Waals surface area contributed by atoms with E-state index in [1.165, 1.54) is 16.7 Å². The van der Waals surface area contributed by atoms with E-state index in [2.05, 4.69) is 25.8 Å². The van der Waals surface area contributed by atoms with Crippen LogP contribution in [0.3, 0.4) is 0 Å². The zero-order chi connectivity index (χ0) is 29.8. The lowest BCUT2D eigenvalue weighted by Gasteiger charge is -2.35. The van der Waals surface area contributed by atoms with Gasteiger partial charge in [-0.25, -0.2) is 18.0 Å². The number of nitrogens with zero attached hydrogens (tertiary/aromatic N) is 4. The molecule has 2 aromatic carbocycles. The van der Waals surface area contributed by atoms with Crippen LogP contribution in [0.2, 0.25) is 0 Å². The van der Waals surface area contributed by atoms with Gasteiger partial charge in [0, 0.05) is 37.8 Å². The summed E-state index contributed by atoms with van der Waals surface area (Å²) >= 11 is 3.20. The predicted octanol–water partition coefficient (Wildman–Crippen LogP) is 4.68. The van der Waals surface area contributed by atoms with E-state index in [-0.39, 0.29) is 34.0 Å². The molecule has 1 N–H and O–H groups in total. The molecule has 0 amide bonds. The highest BCUT2D eigenvalue weighted by atomic mass is 79.9. The van der Waals surface area contributed by atoms with Crippen molar-refractivity contribution in [1.82, 2.24) is 14.5 Å². The minimum absolute atomic E-state index is 0.0248. The van der Waals surface area contributed by atoms with Gasteiger partial charge in [0.1, 0.15) is 40.0 Å². The number of aromatic nitrogens is 2. The Bertz CT molecular complexity index is 1440. The van der Waals surface area contributed by atoms with Crippen LogP contribution in [0.4, 0.5) is 32.0 Å². The number of ether oxygens (including phenoxy) is 1. The second-order valence-electron chi connectivity index (χ2n) is 8.64. The summed E-state index contributed by atoms with van der Waals surface area (Å²) in [5, 5.41) is 7.12. The van der Waals surface area contributed by atoms with Crippen molar-refractivity contribution in [3.05, 3.63) is 80.1 Å². The minimum Gasteiger partial charge on any atom is -0.475 e. The Morgan fingerprint density at radius 2 is 1.70 bits per heavy atom. The van der Waals surface area contributed by atoms with Crippen molar-refractivity contribution >= 4 is 27.6 Å². The van der Waals surface area contributed by atoms with E-state index >= 15 is 4.39 Å². The minimum atomic E-state index is -5.08. The lowest BCUT2D eigenvalue weighted by molar-refractivity contribution is -0.192. The zero-order valence-electron chi connectivity index (χ0n) is 21.1. The second-order valence-corrected chi connectivity index (χ2v) is 9.44. The number of carboxylic acids is 1. The Kier molecular flexibility index (Phi) is 9.84. The summed E-state index contributed by atoms with van der Waals surface area (Å²) in [7, 11) is 2.02. The average Bonchev–Trinajstić information content (AvgIpc) is 2.87. The van der Waals surface area contributed by atoms with E-state index in [0.29, 0.717) is 18.8 Å². The Balaban J connectivity index is 0.000000559. The monoisotopic (exact) mass is 636 g/mol. The Morgan fingerprint density at radius 3 is 2.27 bits per heavy atom. The van der Waals surface area contributed by atoms with Crippen molar-refractivity contribution in [1.29, 1.82) is 0 Å². The zero-order valence-corrected chi connectivity index (χ0v) is 22.7. The van der Waals surface area contributed by atoms with Gasteiger partial charge in [-0.2, -0.15) is 18.2 Å². The number of piperazine rings is 1. The molecule has 0 spiro atoms. The molecule has 1 saturated heterocycles. The lowest BCUT2D eigenvalue weighted by Crippen LogP contribution is -2.45. The van der Waals surface area contributed by atoms with E-state index in [1.54, 1.807) is 19.1 Å². The van der Waals surface area contributed by atoms with E-state index in [4.69, 9.17) is 14.6 Å². The number of rotatable bonds is 5. The van der Waals surface area contributed by atoms with Crippen LogP contribution in [0.1, 0.15) is 11.4 Å². The van der Waals surface area contributed by atoms with Crippen LogP contribution < -0.4 is 15.2 Å². The number of aryl methyl sites for hydroxylation is 1. The van der Waals surface area contributed by atoms with Crippen LogP contribution in [0.25, 0.3) is 5.69 Å². The summed E-state index contributed by atoms with van der Waals surface area (Å²) in [6, 6.07) is 7.83. The van der Waals surface area contributed by atoms with Crippen LogP contribution in [0, 0.1) is 24.4 Å². The van der Waals surface area contributed by atoms with E-state index in [1.807, 2.05) is 11.9 Å². The van der Waals surface area contributed by atoms with Gasteiger partial charge in [0.15, 0.2) is 0 Å². The SMILES string of the molecule is Cc1nc(OCc2ccc(F)cc2F)c(Br)c(=O)n1-c1c(F)cccc1N1CCN(C)CC1.O=C(O)C(F)(F)F. The molecule has 1 fully saturated rings. The third-order valence-electron chi connectivity index (χ3n) is 5.82. The fraction of sp³-hybridized carbons (Fsp3) is 0.320. The van der Waals surface area contributed by atoms with Crippen molar-refractivity contribution in [3.8, 4) is 11.6 Å². The van der Waals surface area contributed by atoms with Crippen LogP contribution in [-0.2, 0) is 11.4 Å². The summed E-state index contributed by atoms with van der Waals surface area (Å²) < 4.78 is 80.6. The fourth-order valence-corrected chi connectivity index (χ4v) is 4.13. The molecule has 1 aromatic heterocycles. The van der Waals surface area contributed by atoms with E-state index in [9.17, 15) is 26.7 Å². The molecule has 2 heterocycles. The quantitative estimate of drug-likeness (QED) is 0.407. The van der Waals surface area contributed by atoms with Crippen molar-refractivity contribution in [2.75, 3.05) is 38.1 Å². The molecular formula is C25H23BrF6N4O4. The molecular weight excluding hydrogens is 614 g/mol. The van der Waals surface area contributed by atoms with E-state index < -0.39 is 35.2 Å².